The normalized spacial score (nSPS) is 16.5. The van der Waals surface area contributed by atoms with Gasteiger partial charge in [-0.05, 0) is 18.9 Å². The van der Waals surface area contributed by atoms with Gasteiger partial charge in [0.25, 0.3) is 5.69 Å². The number of nitrogens with zero attached hydrogens (tertiary/aromatic N) is 2. The molecule has 0 bridgehead atoms. The summed E-state index contributed by atoms with van der Waals surface area (Å²) in [5, 5.41) is 13.4. The molecule has 0 aliphatic carbocycles. The van der Waals surface area contributed by atoms with Crippen molar-refractivity contribution in [2.45, 2.75) is 17.7 Å². The Morgan fingerprint density at radius 3 is 2.47 bits per heavy atom. The highest BCUT2D eigenvalue weighted by Gasteiger charge is 2.29. The van der Waals surface area contributed by atoms with E-state index in [1.54, 1.807) is 7.05 Å². The van der Waals surface area contributed by atoms with Crippen LogP contribution in [-0.2, 0) is 10.0 Å². The van der Waals surface area contributed by atoms with Gasteiger partial charge in [-0.25, -0.2) is 8.42 Å². The minimum Gasteiger partial charge on any atom is -0.387 e. The van der Waals surface area contributed by atoms with Gasteiger partial charge in [0.05, 0.1) is 10.6 Å². The summed E-state index contributed by atoms with van der Waals surface area (Å²) in [5.41, 5.74) is 0.117. The maximum absolute atomic E-state index is 12.4. The van der Waals surface area contributed by atoms with Crippen molar-refractivity contribution in [3.05, 3.63) is 28.3 Å². The lowest BCUT2D eigenvalue weighted by atomic mass is 10.3. The average Bonchev–Trinajstić information content (AvgIpc) is 2.92. The third-order valence-corrected chi connectivity index (χ3v) is 5.08. The summed E-state index contributed by atoms with van der Waals surface area (Å²) in [6.07, 6.45) is 1.70. The number of nitro groups is 1. The van der Waals surface area contributed by atoms with Crippen LogP contribution in [-0.4, -0.2) is 37.8 Å². The Morgan fingerprint density at radius 2 is 1.95 bits per heavy atom. The number of nitrogens with one attached hydrogen (secondary N) is 1. The number of hydrogen-bond donors (Lipinski definition) is 1. The predicted molar refractivity (Wildman–Crippen MR) is 70.6 cm³/mol. The Bertz CT molecular complexity index is 594. The van der Waals surface area contributed by atoms with Crippen LogP contribution in [0.5, 0.6) is 0 Å². The molecule has 1 aliphatic rings. The van der Waals surface area contributed by atoms with Crippen molar-refractivity contribution < 1.29 is 13.3 Å². The van der Waals surface area contributed by atoms with Crippen molar-refractivity contribution >= 4 is 21.4 Å². The molecule has 1 N–H and O–H groups in total. The fraction of sp³-hybridized carbons (Fsp3) is 0.455. The maximum Gasteiger partial charge on any atom is 0.271 e. The third kappa shape index (κ3) is 2.54. The molecular formula is C11H15N3O4S. The number of nitro benzene ring substituents is 1. The Labute approximate surface area is 111 Å². The fourth-order valence-corrected chi connectivity index (χ4v) is 3.82. The van der Waals surface area contributed by atoms with Gasteiger partial charge in [0, 0.05) is 32.3 Å². The van der Waals surface area contributed by atoms with Gasteiger partial charge in [-0.15, -0.1) is 0 Å². The van der Waals surface area contributed by atoms with Crippen LogP contribution in [0.4, 0.5) is 11.4 Å². The second kappa shape index (κ2) is 5.14. The van der Waals surface area contributed by atoms with Gasteiger partial charge in [0.2, 0.25) is 10.0 Å². The zero-order valence-electron chi connectivity index (χ0n) is 10.5. The van der Waals surface area contributed by atoms with E-state index in [0.717, 1.165) is 12.8 Å². The summed E-state index contributed by atoms with van der Waals surface area (Å²) < 4.78 is 26.2. The molecular weight excluding hydrogens is 270 g/mol. The largest absolute Gasteiger partial charge is 0.387 e. The van der Waals surface area contributed by atoms with Crippen LogP contribution < -0.4 is 5.32 Å². The first-order chi connectivity index (χ1) is 8.96. The van der Waals surface area contributed by atoms with Gasteiger partial charge in [0.1, 0.15) is 4.90 Å². The molecule has 104 valence electrons. The van der Waals surface area contributed by atoms with E-state index < -0.39 is 14.9 Å². The molecule has 0 spiro atoms. The fourth-order valence-electron chi connectivity index (χ4n) is 2.12. The molecule has 0 aromatic heterocycles. The SMILES string of the molecule is CNc1cc([N+](=O)[O-])ccc1S(=O)(=O)N1CCCC1. The van der Waals surface area contributed by atoms with Crippen LogP contribution in [0, 0.1) is 10.1 Å². The Morgan fingerprint density at radius 1 is 1.32 bits per heavy atom. The van der Waals surface area contributed by atoms with Crippen LogP contribution in [0.3, 0.4) is 0 Å². The van der Waals surface area contributed by atoms with Gasteiger partial charge in [-0.2, -0.15) is 4.31 Å². The maximum atomic E-state index is 12.4. The molecule has 1 aromatic carbocycles. The van der Waals surface area contributed by atoms with Gasteiger partial charge in [-0.3, -0.25) is 10.1 Å². The monoisotopic (exact) mass is 285 g/mol. The minimum atomic E-state index is -3.58. The quantitative estimate of drug-likeness (QED) is 0.667. The van der Waals surface area contributed by atoms with E-state index in [1.165, 1.54) is 22.5 Å². The highest BCUT2D eigenvalue weighted by molar-refractivity contribution is 7.89. The highest BCUT2D eigenvalue weighted by Crippen LogP contribution is 2.30. The van der Waals surface area contributed by atoms with E-state index in [-0.39, 0.29) is 16.3 Å². The smallest absolute Gasteiger partial charge is 0.271 e. The number of benzene rings is 1. The van der Waals surface area contributed by atoms with Crippen LogP contribution in [0.15, 0.2) is 23.1 Å². The van der Waals surface area contributed by atoms with Crippen LogP contribution in [0.2, 0.25) is 0 Å². The van der Waals surface area contributed by atoms with E-state index in [4.69, 9.17) is 0 Å². The Balaban J connectivity index is 2.47. The Hall–Kier alpha value is -1.67. The van der Waals surface area contributed by atoms with Gasteiger partial charge >= 0.3 is 0 Å². The molecule has 1 saturated heterocycles. The molecule has 1 aliphatic heterocycles. The van der Waals surface area contributed by atoms with E-state index in [9.17, 15) is 18.5 Å². The average molecular weight is 285 g/mol. The molecule has 2 rings (SSSR count). The summed E-state index contributed by atoms with van der Waals surface area (Å²) in [6, 6.07) is 3.74. The molecule has 19 heavy (non-hydrogen) atoms. The first kappa shape index (κ1) is 13.8. The second-order valence-corrected chi connectivity index (χ2v) is 6.21. The van der Waals surface area contributed by atoms with Crippen molar-refractivity contribution in [3.63, 3.8) is 0 Å². The van der Waals surface area contributed by atoms with Crippen LogP contribution in [0.25, 0.3) is 0 Å². The zero-order valence-corrected chi connectivity index (χ0v) is 11.3. The molecule has 0 amide bonds. The summed E-state index contributed by atoms with van der Waals surface area (Å²) in [5.74, 6) is 0. The zero-order chi connectivity index (χ0) is 14.0. The molecule has 1 heterocycles. The van der Waals surface area contributed by atoms with E-state index >= 15 is 0 Å². The second-order valence-electron chi connectivity index (χ2n) is 4.30. The first-order valence-corrected chi connectivity index (χ1v) is 7.37. The van der Waals surface area contributed by atoms with E-state index in [0.29, 0.717) is 13.1 Å². The number of rotatable bonds is 4. The molecule has 0 unspecified atom stereocenters. The molecule has 1 aromatic rings. The van der Waals surface area contributed by atoms with Crippen molar-refractivity contribution in [3.8, 4) is 0 Å². The third-order valence-electron chi connectivity index (χ3n) is 3.13. The molecule has 8 heteroatoms. The summed E-state index contributed by atoms with van der Waals surface area (Å²) in [6.45, 7) is 1.00. The minimum absolute atomic E-state index is 0.0856. The van der Waals surface area contributed by atoms with Crippen molar-refractivity contribution in [1.82, 2.24) is 4.31 Å². The van der Waals surface area contributed by atoms with Crippen LogP contribution in [0.1, 0.15) is 12.8 Å². The number of sulfonamides is 1. The lowest BCUT2D eigenvalue weighted by Gasteiger charge is -2.17. The van der Waals surface area contributed by atoms with E-state index in [1.807, 2.05) is 0 Å². The standard InChI is InChI=1S/C11H15N3O4S/c1-12-10-8-9(14(15)16)4-5-11(10)19(17,18)13-6-2-3-7-13/h4-5,8,12H,2-3,6-7H2,1H3. The van der Waals surface area contributed by atoms with Crippen molar-refractivity contribution in [1.29, 1.82) is 0 Å². The van der Waals surface area contributed by atoms with Crippen molar-refractivity contribution in [2.24, 2.45) is 0 Å². The number of hydrogen-bond acceptors (Lipinski definition) is 5. The first-order valence-electron chi connectivity index (χ1n) is 5.93. The predicted octanol–water partition coefficient (Wildman–Crippen LogP) is 1.42. The lowest BCUT2D eigenvalue weighted by Crippen LogP contribution is -2.28. The lowest BCUT2D eigenvalue weighted by molar-refractivity contribution is -0.384. The Kier molecular flexibility index (Phi) is 3.72. The number of anilines is 1. The van der Waals surface area contributed by atoms with Gasteiger partial charge < -0.3 is 5.32 Å². The molecule has 0 saturated carbocycles. The molecule has 0 atom stereocenters. The highest BCUT2D eigenvalue weighted by atomic mass is 32.2. The van der Waals surface area contributed by atoms with Gasteiger partial charge in [0.15, 0.2) is 0 Å². The van der Waals surface area contributed by atoms with E-state index in [2.05, 4.69) is 5.32 Å². The molecule has 1 fully saturated rings. The summed E-state index contributed by atoms with van der Waals surface area (Å²) in [4.78, 5) is 10.2. The van der Waals surface area contributed by atoms with Crippen molar-refractivity contribution in [2.75, 3.05) is 25.5 Å². The van der Waals surface area contributed by atoms with Gasteiger partial charge in [-0.1, -0.05) is 0 Å². The summed E-state index contributed by atoms with van der Waals surface area (Å²) >= 11 is 0. The molecule has 7 nitrogen and oxygen atoms in total. The topological polar surface area (TPSA) is 92.5 Å². The summed E-state index contributed by atoms with van der Waals surface area (Å²) in [7, 11) is -2.03. The number of non-ortho nitro benzene ring substituents is 1. The van der Waals surface area contributed by atoms with Crippen LogP contribution >= 0.6 is 0 Å². The molecule has 0 radical (unpaired) electrons.